The Hall–Kier alpha value is -3.21. The quantitative estimate of drug-likeness (QED) is 0.554. The van der Waals surface area contributed by atoms with Crippen molar-refractivity contribution in [1.29, 1.82) is 0 Å². The van der Waals surface area contributed by atoms with Crippen LogP contribution in [0.1, 0.15) is 40.9 Å². The van der Waals surface area contributed by atoms with Crippen molar-refractivity contribution in [3.8, 4) is 0 Å². The third kappa shape index (κ3) is 3.55. The fraction of sp³-hybridized carbons (Fsp3) is 0.480. The van der Waals surface area contributed by atoms with E-state index in [0.29, 0.717) is 31.2 Å². The van der Waals surface area contributed by atoms with E-state index in [4.69, 9.17) is 14.6 Å². The van der Waals surface area contributed by atoms with Gasteiger partial charge in [-0.05, 0) is 43.4 Å². The summed E-state index contributed by atoms with van der Waals surface area (Å²) in [5, 5.41) is 16.3. The van der Waals surface area contributed by atoms with Crippen LogP contribution in [0.15, 0.2) is 30.5 Å². The van der Waals surface area contributed by atoms with E-state index in [2.05, 4.69) is 49.9 Å². The Kier molecular flexibility index (Phi) is 5.11. The topological polar surface area (TPSA) is 96.3 Å². The molecule has 0 spiro atoms. The van der Waals surface area contributed by atoms with Gasteiger partial charge in [0.1, 0.15) is 0 Å². The number of hydrogen-bond acceptors (Lipinski definition) is 8. The zero-order valence-electron chi connectivity index (χ0n) is 19.6. The molecule has 10 nitrogen and oxygen atoms in total. The lowest BCUT2D eigenvalue weighted by Gasteiger charge is -2.40. The van der Waals surface area contributed by atoms with E-state index in [1.807, 2.05) is 0 Å². The molecular weight excluding hydrogens is 446 g/mol. The molecule has 7 rings (SSSR count). The number of hydrazine groups is 1. The van der Waals surface area contributed by atoms with Crippen molar-refractivity contribution in [3.05, 3.63) is 47.3 Å². The van der Waals surface area contributed by atoms with Gasteiger partial charge in [-0.25, -0.2) is 14.5 Å². The molecule has 3 aromatic rings. The lowest BCUT2D eigenvalue weighted by molar-refractivity contribution is -0.0339. The Labute approximate surface area is 203 Å². The van der Waals surface area contributed by atoms with Crippen LogP contribution in [0.5, 0.6) is 0 Å². The van der Waals surface area contributed by atoms with Crippen LogP contribution in [-0.2, 0) is 22.5 Å². The summed E-state index contributed by atoms with van der Waals surface area (Å²) in [7, 11) is 0. The molecule has 2 N–H and O–H groups in total. The van der Waals surface area contributed by atoms with Gasteiger partial charge in [-0.1, -0.05) is 12.1 Å². The van der Waals surface area contributed by atoms with Crippen LogP contribution in [0.4, 0.5) is 17.2 Å². The Bertz CT molecular complexity index is 1290. The average Bonchev–Trinajstić information content (AvgIpc) is 3.32. The van der Waals surface area contributed by atoms with Crippen LogP contribution in [0, 0.1) is 0 Å². The molecule has 2 unspecified atom stereocenters. The van der Waals surface area contributed by atoms with Gasteiger partial charge in [0.15, 0.2) is 17.2 Å². The van der Waals surface area contributed by atoms with Gasteiger partial charge in [-0.15, -0.1) is 5.10 Å². The Balaban J connectivity index is 1.46. The molecule has 2 fully saturated rings. The van der Waals surface area contributed by atoms with Crippen molar-refractivity contribution in [2.75, 3.05) is 43.2 Å². The van der Waals surface area contributed by atoms with Gasteiger partial charge in [-0.3, -0.25) is 9.80 Å². The van der Waals surface area contributed by atoms with Crippen LogP contribution < -0.4 is 15.6 Å². The predicted molar refractivity (Wildman–Crippen MR) is 130 cm³/mol. The Morgan fingerprint density at radius 2 is 2.06 bits per heavy atom. The number of amides is 1. The lowest BCUT2D eigenvalue weighted by atomic mass is 9.88. The molecule has 4 aliphatic rings. The SMILES string of the molecule is O=C1NC2CCC2OCc2cccc(c2)N(N2CCOCC2)c2nn3c1cnc3c1c2CCCN1. The van der Waals surface area contributed by atoms with E-state index in [1.54, 1.807) is 10.7 Å². The molecule has 182 valence electrons. The van der Waals surface area contributed by atoms with E-state index in [1.165, 1.54) is 0 Å². The van der Waals surface area contributed by atoms with Gasteiger partial charge in [0, 0.05) is 25.2 Å². The third-order valence-corrected chi connectivity index (χ3v) is 7.48. The zero-order chi connectivity index (χ0) is 23.4. The second-order valence-electron chi connectivity index (χ2n) is 9.64. The minimum Gasteiger partial charge on any atom is -0.382 e. The fourth-order valence-electron chi connectivity index (χ4n) is 5.48. The van der Waals surface area contributed by atoms with Gasteiger partial charge >= 0.3 is 0 Å². The molecule has 5 heterocycles. The van der Waals surface area contributed by atoms with Crippen LogP contribution in [0.2, 0.25) is 0 Å². The highest BCUT2D eigenvalue weighted by Crippen LogP contribution is 2.38. The molecular formula is C25H29N7O3. The minimum atomic E-state index is -0.168. The van der Waals surface area contributed by atoms with E-state index >= 15 is 0 Å². The highest BCUT2D eigenvalue weighted by molar-refractivity contribution is 5.94. The maximum Gasteiger partial charge on any atom is 0.271 e. The summed E-state index contributed by atoms with van der Waals surface area (Å²) >= 11 is 0. The maximum absolute atomic E-state index is 13.3. The number of hydrogen-bond donors (Lipinski definition) is 2. The van der Waals surface area contributed by atoms with Gasteiger partial charge in [0.25, 0.3) is 5.91 Å². The smallest absolute Gasteiger partial charge is 0.271 e. The molecule has 10 heteroatoms. The predicted octanol–water partition coefficient (Wildman–Crippen LogP) is 2.26. The van der Waals surface area contributed by atoms with Crippen LogP contribution in [0.3, 0.4) is 0 Å². The monoisotopic (exact) mass is 475 g/mol. The van der Waals surface area contributed by atoms with E-state index in [-0.39, 0.29) is 18.1 Å². The van der Waals surface area contributed by atoms with Crippen molar-refractivity contribution >= 4 is 28.7 Å². The number of nitrogens with zero attached hydrogens (tertiary/aromatic N) is 5. The zero-order valence-corrected chi connectivity index (χ0v) is 19.6. The van der Waals surface area contributed by atoms with E-state index < -0.39 is 0 Å². The molecule has 4 bridgehead atoms. The van der Waals surface area contributed by atoms with Gasteiger partial charge in [0.2, 0.25) is 0 Å². The third-order valence-electron chi connectivity index (χ3n) is 7.48. The second kappa shape index (κ2) is 8.47. The summed E-state index contributed by atoms with van der Waals surface area (Å²) in [6.07, 6.45) is 5.41. The number of rotatable bonds is 1. The van der Waals surface area contributed by atoms with Crippen LogP contribution >= 0.6 is 0 Å². The lowest BCUT2D eigenvalue weighted by Crippen LogP contribution is -2.51. The van der Waals surface area contributed by atoms with E-state index in [0.717, 1.165) is 73.6 Å². The first-order chi connectivity index (χ1) is 17.3. The van der Waals surface area contributed by atoms with Crippen molar-refractivity contribution in [1.82, 2.24) is 24.9 Å². The molecule has 1 amide bonds. The highest BCUT2D eigenvalue weighted by atomic mass is 16.5. The molecule has 0 radical (unpaired) electrons. The Morgan fingerprint density at radius 3 is 2.91 bits per heavy atom. The molecule has 1 saturated carbocycles. The molecule has 35 heavy (non-hydrogen) atoms. The maximum atomic E-state index is 13.3. The number of carbonyl (C=O) groups is 1. The summed E-state index contributed by atoms with van der Waals surface area (Å²) in [4.78, 5) is 18.0. The second-order valence-corrected chi connectivity index (χ2v) is 9.64. The average molecular weight is 476 g/mol. The van der Waals surface area contributed by atoms with Crippen molar-refractivity contribution in [2.24, 2.45) is 0 Å². The van der Waals surface area contributed by atoms with E-state index in [9.17, 15) is 4.79 Å². The number of imidazole rings is 1. The number of aromatic nitrogens is 3. The first-order valence-corrected chi connectivity index (χ1v) is 12.5. The normalized spacial score (nSPS) is 24.7. The van der Waals surface area contributed by atoms with Crippen molar-refractivity contribution in [2.45, 2.75) is 44.4 Å². The summed E-state index contributed by atoms with van der Waals surface area (Å²) in [6.45, 7) is 4.20. The molecule has 3 aliphatic heterocycles. The number of carbonyl (C=O) groups excluding carboxylic acids is 1. The standard InChI is InChI=1S/C25H29N7O3/c33-25-20-14-27-24-22-18(5-2-8-26-22)23(29-31(20)24)32(30-9-11-34-12-10-30)17-4-1-3-16(13-17)15-35-21-7-6-19(21)28-25/h1,3-4,13-14,19,21,26H,2,5-12,15H2,(H,28,33). The summed E-state index contributed by atoms with van der Waals surface area (Å²) in [5.74, 6) is 0.656. The first kappa shape index (κ1) is 21.1. The summed E-state index contributed by atoms with van der Waals surface area (Å²) < 4.78 is 13.6. The molecule has 2 aromatic heterocycles. The minimum absolute atomic E-state index is 0.000700. The summed E-state index contributed by atoms with van der Waals surface area (Å²) in [6, 6.07) is 8.49. The number of fused-ring (bicyclic) bond motifs is 7. The highest BCUT2D eigenvalue weighted by Gasteiger charge is 2.35. The number of ether oxygens (including phenoxy) is 2. The number of nitrogens with one attached hydrogen (secondary N) is 2. The van der Waals surface area contributed by atoms with Gasteiger partial charge in [0.05, 0.1) is 49.5 Å². The number of morpholine rings is 1. The van der Waals surface area contributed by atoms with Gasteiger partial charge < -0.3 is 20.1 Å². The molecule has 2 atom stereocenters. The van der Waals surface area contributed by atoms with Crippen molar-refractivity contribution < 1.29 is 14.3 Å². The van der Waals surface area contributed by atoms with Crippen LogP contribution in [-0.4, -0.2) is 70.5 Å². The number of benzene rings is 1. The Morgan fingerprint density at radius 1 is 1.14 bits per heavy atom. The van der Waals surface area contributed by atoms with Crippen LogP contribution in [0.25, 0.3) is 5.65 Å². The number of anilines is 3. The fourth-order valence-corrected chi connectivity index (χ4v) is 5.48. The molecule has 1 aliphatic carbocycles. The molecule has 1 aromatic carbocycles. The van der Waals surface area contributed by atoms with Gasteiger partial charge in [-0.2, -0.15) is 0 Å². The molecule has 1 saturated heterocycles. The summed E-state index contributed by atoms with van der Waals surface area (Å²) in [5.41, 5.74) is 5.35. The first-order valence-electron chi connectivity index (χ1n) is 12.5. The largest absolute Gasteiger partial charge is 0.382 e. The van der Waals surface area contributed by atoms with Crippen molar-refractivity contribution in [3.63, 3.8) is 0 Å².